The third-order valence-electron chi connectivity index (χ3n) is 2.70. The number of hydrogen-bond acceptors (Lipinski definition) is 2. The Morgan fingerprint density at radius 3 is 2.24 bits per heavy atom. The van der Waals surface area contributed by atoms with E-state index in [1.165, 1.54) is 36.4 Å². The van der Waals surface area contributed by atoms with Crippen LogP contribution in [0.5, 0.6) is 0 Å². The summed E-state index contributed by atoms with van der Waals surface area (Å²) in [4.78, 5) is 10.7. The second-order valence-electron chi connectivity index (χ2n) is 4.20. The fourth-order valence-corrected chi connectivity index (χ4v) is 2.07. The van der Waals surface area contributed by atoms with E-state index in [1.807, 2.05) is 0 Å². The predicted octanol–water partition coefficient (Wildman–Crippen LogP) is 4.91. The Hall–Kier alpha value is -2.02. The molecule has 0 spiro atoms. The van der Waals surface area contributed by atoms with Gasteiger partial charge in [-0.15, -0.1) is 0 Å². The second-order valence-corrected chi connectivity index (χ2v) is 5.11. The van der Waals surface area contributed by atoms with Crippen LogP contribution in [0, 0.1) is 0 Å². The van der Waals surface area contributed by atoms with Crippen molar-refractivity contribution in [1.29, 1.82) is 0 Å². The molecule has 0 fully saturated rings. The molecule has 0 aliphatic carbocycles. The second kappa shape index (κ2) is 5.77. The lowest BCUT2D eigenvalue weighted by molar-refractivity contribution is -0.137. The normalized spacial score (nSPS) is 11.2. The summed E-state index contributed by atoms with van der Waals surface area (Å²) in [6.45, 7) is 0. The zero-order chi connectivity index (χ0) is 15.6. The minimum atomic E-state index is -4.49. The maximum absolute atomic E-state index is 13.0. The summed E-state index contributed by atoms with van der Waals surface area (Å²) in [6, 6.07) is 9.22. The number of benzene rings is 2. The molecule has 0 bridgehead atoms. The predicted molar refractivity (Wildman–Crippen MR) is 75.8 cm³/mol. The average molecular weight is 360 g/mol. The molecule has 0 aliphatic rings. The van der Waals surface area contributed by atoms with Gasteiger partial charge < -0.3 is 10.4 Å². The molecule has 2 N–H and O–H groups in total. The number of rotatable bonds is 3. The van der Waals surface area contributed by atoms with E-state index in [0.29, 0.717) is 10.2 Å². The van der Waals surface area contributed by atoms with E-state index in [4.69, 9.17) is 5.11 Å². The van der Waals surface area contributed by atoms with Gasteiger partial charge in [-0.2, -0.15) is 13.2 Å². The highest BCUT2D eigenvalue weighted by molar-refractivity contribution is 9.10. The van der Waals surface area contributed by atoms with Crippen molar-refractivity contribution in [2.45, 2.75) is 6.18 Å². The summed E-state index contributed by atoms with van der Waals surface area (Å²) in [5.74, 6) is -1.10. The average Bonchev–Trinajstić information content (AvgIpc) is 2.40. The monoisotopic (exact) mass is 359 g/mol. The van der Waals surface area contributed by atoms with E-state index in [-0.39, 0.29) is 11.3 Å². The number of halogens is 4. The van der Waals surface area contributed by atoms with Crippen molar-refractivity contribution in [3.63, 3.8) is 0 Å². The van der Waals surface area contributed by atoms with Crippen LogP contribution in [0.1, 0.15) is 15.9 Å². The van der Waals surface area contributed by atoms with Crippen LogP contribution in [0.2, 0.25) is 0 Å². The van der Waals surface area contributed by atoms with Crippen LogP contribution in [0.4, 0.5) is 24.5 Å². The number of nitrogens with one attached hydrogen (secondary N) is 1. The van der Waals surface area contributed by atoms with Crippen LogP contribution >= 0.6 is 15.9 Å². The van der Waals surface area contributed by atoms with Gasteiger partial charge >= 0.3 is 12.1 Å². The minimum absolute atomic E-state index is 0.0624. The largest absolute Gasteiger partial charge is 0.478 e. The summed E-state index contributed by atoms with van der Waals surface area (Å²) in [6.07, 6.45) is -4.49. The van der Waals surface area contributed by atoms with E-state index in [2.05, 4.69) is 21.2 Å². The summed E-state index contributed by atoms with van der Waals surface area (Å²) in [5, 5.41) is 11.4. The summed E-state index contributed by atoms with van der Waals surface area (Å²) in [7, 11) is 0. The minimum Gasteiger partial charge on any atom is -0.478 e. The lowest BCUT2D eigenvalue weighted by Crippen LogP contribution is -2.09. The molecule has 2 aromatic carbocycles. The highest BCUT2D eigenvalue weighted by atomic mass is 79.9. The van der Waals surface area contributed by atoms with Crippen molar-refractivity contribution in [3.05, 3.63) is 58.1 Å². The van der Waals surface area contributed by atoms with Gasteiger partial charge in [-0.1, -0.05) is 15.9 Å². The van der Waals surface area contributed by atoms with E-state index < -0.39 is 17.7 Å². The number of alkyl halides is 3. The van der Waals surface area contributed by atoms with Gasteiger partial charge in [-0.05, 0) is 42.5 Å². The molecule has 0 aliphatic heterocycles. The SMILES string of the molecule is O=C(O)c1ccc(Nc2ccc(Br)cc2C(F)(F)F)cc1. The first-order valence-electron chi connectivity index (χ1n) is 5.74. The zero-order valence-electron chi connectivity index (χ0n) is 10.4. The van der Waals surface area contributed by atoms with Crippen molar-refractivity contribution in [3.8, 4) is 0 Å². The quantitative estimate of drug-likeness (QED) is 0.818. The lowest BCUT2D eigenvalue weighted by atomic mass is 10.1. The highest BCUT2D eigenvalue weighted by Crippen LogP contribution is 2.37. The van der Waals surface area contributed by atoms with Gasteiger partial charge in [0.05, 0.1) is 16.8 Å². The number of aromatic carboxylic acids is 1. The molecule has 0 saturated heterocycles. The zero-order valence-corrected chi connectivity index (χ0v) is 12.0. The van der Waals surface area contributed by atoms with E-state index in [1.54, 1.807) is 0 Å². The first-order valence-corrected chi connectivity index (χ1v) is 6.54. The summed E-state index contributed by atoms with van der Waals surface area (Å²) < 4.78 is 39.2. The first kappa shape index (κ1) is 15.4. The number of anilines is 2. The van der Waals surface area contributed by atoms with Crippen molar-refractivity contribution >= 4 is 33.3 Å². The Bertz CT molecular complexity index is 669. The molecular weight excluding hydrogens is 351 g/mol. The van der Waals surface area contributed by atoms with E-state index >= 15 is 0 Å². The van der Waals surface area contributed by atoms with Gasteiger partial charge in [0, 0.05) is 10.2 Å². The standard InChI is InChI=1S/C14H9BrF3NO2/c15-9-3-6-12(11(7-9)14(16,17)18)19-10-4-1-8(2-5-10)13(20)21/h1-7,19H,(H,20,21). The number of carboxylic acids is 1. The molecule has 0 saturated carbocycles. The molecular formula is C14H9BrF3NO2. The molecule has 0 aromatic heterocycles. The molecule has 0 radical (unpaired) electrons. The van der Waals surface area contributed by atoms with Crippen LogP contribution in [-0.4, -0.2) is 11.1 Å². The van der Waals surface area contributed by atoms with Crippen molar-refractivity contribution in [2.75, 3.05) is 5.32 Å². The fraction of sp³-hybridized carbons (Fsp3) is 0.0714. The molecule has 0 heterocycles. The van der Waals surface area contributed by atoms with Crippen molar-refractivity contribution < 1.29 is 23.1 Å². The highest BCUT2D eigenvalue weighted by Gasteiger charge is 2.33. The van der Waals surface area contributed by atoms with Gasteiger partial charge in [-0.3, -0.25) is 0 Å². The third kappa shape index (κ3) is 3.75. The van der Waals surface area contributed by atoms with Crippen molar-refractivity contribution in [1.82, 2.24) is 0 Å². The smallest absolute Gasteiger partial charge is 0.418 e. The molecule has 0 atom stereocenters. The number of carboxylic acid groups (broad SMARTS) is 1. The summed E-state index contributed by atoms with van der Waals surface area (Å²) >= 11 is 3.01. The molecule has 0 unspecified atom stereocenters. The van der Waals surface area contributed by atoms with Crippen LogP contribution < -0.4 is 5.32 Å². The number of hydrogen-bond donors (Lipinski definition) is 2. The molecule has 21 heavy (non-hydrogen) atoms. The van der Waals surface area contributed by atoms with Crippen LogP contribution in [-0.2, 0) is 6.18 Å². The topological polar surface area (TPSA) is 49.3 Å². The molecule has 7 heteroatoms. The third-order valence-corrected chi connectivity index (χ3v) is 3.19. The maximum atomic E-state index is 13.0. The Kier molecular flexibility index (Phi) is 4.22. The van der Waals surface area contributed by atoms with Gasteiger partial charge in [0.25, 0.3) is 0 Å². The summed E-state index contributed by atoms with van der Waals surface area (Å²) in [5.41, 5.74) is -0.479. The van der Waals surface area contributed by atoms with Crippen LogP contribution in [0.15, 0.2) is 46.9 Å². The van der Waals surface area contributed by atoms with Crippen LogP contribution in [0.25, 0.3) is 0 Å². The van der Waals surface area contributed by atoms with Gasteiger partial charge in [0.2, 0.25) is 0 Å². The van der Waals surface area contributed by atoms with Gasteiger partial charge in [0.15, 0.2) is 0 Å². The fourth-order valence-electron chi connectivity index (χ4n) is 1.71. The van der Waals surface area contributed by atoms with Gasteiger partial charge in [0.1, 0.15) is 0 Å². The maximum Gasteiger partial charge on any atom is 0.418 e. The molecule has 110 valence electrons. The van der Waals surface area contributed by atoms with Crippen molar-refractivity contribution in [2.24, 2.45) is 0 Å². The Balaban J connectivity index is 2.33. The van der Waals surface area contributed by atoms with Crippen LogP contribution in [0.3, 0.4) is 0 Å². The number of carbonyl (C=O) groups is 1. The first-order chi connectivity index (χ1) is 9.77. The Morgan fingerprint density at radius 1 is 1.10 bits per heavy atom. The Morgan fingerprint density at radius 2 is 1.71 bits per heavy atom. The van der Waals surface area contributed by atoms with Gasteiger partial charge in [-0.25, -0.2) is 4.79 Å². The molecule has 2 aromatic rings. The van der Waals surface area contributed by atoms with E-state index in [9.17, 15) is 18.0 Å². The molecule has 2 rings (SSSR count). The van der Waals surface area contributed by atoms with E-state index in [0.717, 1.165) is 6.07 Å². The molecule has 0 amide bonds. The molecule has 3 nitrogen and oxygen atoms in total. The lowest BCUT2D eigenvalue weighted by Gasteiger charge is -2.15. The Labute approximate surface area is 126 Å².